The maximum absolute atomic E-state index is 12.0. The average Bonchev–Trinajstić information content (AvgIpc) is 3.38. The van der Waals surface area contributed by atoms with Crippen LogP contribution in [-0.4, -0.2) is 47.2 Å². The fourth-order valence-corrected chi connectivity index (χ4v) is 3.96. The van der Waals surface area contributed by atoms with Gasteiger partial charge in [0.15, 0.2) is 0 Å². The van der Waals surface area contributed by atoms with Crippen LogP contribution in [0.15, 0.2) is 60.8 Å². The summed E-state index contributed by atoms with van der Waals surface area (Å²) in [4.78, 5) is 23.2. The van der Waals surface area contributed by atoms with Crippen LogP contribution in [0, 0.1) is 17.2 Å². The van der Waals surface area contributed by atoms with Gasteiger partial charge in [-0.25, -0.2) is 9.97 Å². The molecule has 0 radical (unpaired) electrons. The second kappa shape index (κ2) is 13.1. The molecule has 1 saturated heterocycles. The Hall–Kier alpha value is -3.96. The molecule has 1 fully saturated rings. The molecule has 182 valence electrons. The van der Waals surface area contributed by atoms with Crippen molar-refractivity contribution >= 4 is 23.2 Å². The van der Waals surface area contributed by atoms with Gasteiger partial charge in [0.2, 0.25) is 5.95 Å². The molecule has 1 aliphatic heterocycles. The van der Waals surface area contributed by atoms with Gasteiger partial charge in [-0.1, -0.05) is 26.0 Å². The number of aromatic nitrogens is 2. The van der Waals surface area contributed by atoms with Crippen LogP contribution in [0.2, 0.25) is 0 Å². The maximum Gasteiger partial charge on any atom is 0.252 e. The number of carbonyl (C=O) groups is 1. The van der Waals surface area contributed by atoms with E-state index in [1.807, 2.05) is 50.2 Å². The van der Waals surface area contributed by atoms with Gasteiger partial charge in [0.1, 0.15) is 6.54 Å². The van der Waals surface area contributed by atoms with Crippen molar-refractivity contribution in [2.45, 2.75) is 26.7 Å². The first-order chi connectivity index (χ1) is 17.2. The fourth-order valence-electron chi connectivity index (χ4n) is 3.96. The molecule has 8 heteroatoms. The first kappa shape index (κ1) is 25.7. The van der Waals surface area contributed by atoms with E-state index in [1.165, 1.54) is 5.69 Å². The molecule has 4 rings (SSSR count). The molecular formula is C27H32N6O2. The van der Waals surface area contributed by atoms with Crippen LogP contribution in [0.3, 0.4) is 0 Å². The zero-order chi connectivity index (χ0) is 25.0. The summed E-state index contributed by atoms with van der Waals surface area (Å²) >= 11 is 0. The van der Waals surface area contributed by atoms with Crippen molar-refractivity contribution in [3.8, 4) is 17.3 Å². The van der Waals surface area contributed by atoms with E-state index in [0.717, 1.165) is 42.9 Å². The molecule has 0 aliphatic carbocycles. The number of benzene rings is 2. The van der Waals surface area contributed by atoms with Crippen molar-refractivity contribution in [2.75, 3.05) is 36.5 Å². The largest absolute Gasteiger partial charge is 0.396 e. The molecule has 1 atom stereocenters. The Labute approximate surface area is 206 Å². The van der Waals surface area contributed by atoms with Crippen molar-refractivity contribution in [2.24, 2.45) is 5.92 Å². The number of carbonyl (C=O) groups excluding carboxylic acids is 1. The standard InChI is InChI=1S/C25H26N6O2.C2H6/c26-12-14-27-24(33)20-3-1-19(2-4-20)23-9-13-28-25(30-23)29-21-5-7-22(8-6-21)31-15-10-18(17-31)11-16-32;1-2/h1-9,13,18,32H,10-11,14-17H2,(H,27,33)(H,28,29,30);1-2H3. The van der Waals surface area contributed by atoms with Crippen LogP contribution in [0.25, 0.3) is 11.3 Å². The van der Waals surface area contributed by atoms with Crippen molar-refractivity contribution < 1.29 is 9.90 Å². The topological polar surface area (TPSA) is 114 Å². The summed E-state index contributed by atoms with van der Waals surface area (Å²) in [5, 5.41) is 23.5. The van der Waals surface area contributed by atoms with E-state index >= 15 is 0 Å². The first-order valence-electron chi connectivity index (χ1n) is 12.0. The Morgan fingerprint density at radius 3 is 2.57 bits per heavy atom. The van der Waals surface area contributed by atoms with Gasteiger partial charge in [-0.15, -0.1) is 0 Å². The lowest BCUT2D eigenvalue weighted by molar-refractivity contribution is 0.0958. The number of hydrogen-bond acceptors (Lipinski definition) is 7. The highest BCUT2D eigenvalue weighted by molar-refractivity contribution is 5.94. The van der Waals surface area contributed by atoms with E-state index in [9.17, 15) is 4.79 Å². The number of aliphatic hydroxyl groups is 1. The van der Waals surface area contributed by atoms with E-state index in [-0.39, 0.29) is 19.1 Å². The van der Waals surface area contributed by atoms with Crippen LogP contribution in [0.1, 0.15) is 37.0 Å². The maximum atomic E-state index is 12.0. The number of nitriles is 1. The second-order valence-corrected chi connectivity index (χ2v) is 7.97. The van der Waals surface area contributed by atoms with Gasteiger partial charge in [-0.2, -0.15) is 5.26 Å². The van der Waals surface area contributed by atoms with Crippen LogP contribution >= 0.6 is 0 Å². The van der Waals surface area contributed by atoms with E-state index in [0.29, 0.717) is 17.4 Å². The first-order valence-corrected chi connectivity index (χ1v) is 12.0. The summed E-state index contributed by atoms with van der Waals surface area (Å²) in [7, 11) is 0. The Bertz CT molecular complexity index is 1130. The van der Waals surface area contributed by atoms with Gasteiger partial charge < -0.3 is 20.6 Å². The zero-order valence-electron chi connectivity index (χ0n) is 20.2. The van der Waals surface area contributed by atoms with E-state index < -0.39 is 0 Å². The highest BCUT2D eigenvalue weighted by Crippen LogP contribution is 2.27. The molecule has 2 aromatic carbocycles. The number of hydrogen-bond donors (Lipinski definition) is 3. The molecular weight excluding hydrogens is 440 g/mol. The fraction of sp³-hybridized carbons (Fsp3) is 0.333. The number of aliphatic hydroxyl groups excluding tert-OH is 1. The minimum absolute atomic E-state index is 0.0230. The molecule has 3 aromatic rings. The molecule has 1 unspecified atom stereocenters. The van der Waals surface area contributed by atoms with Crippen LogP contribution < -0.4 is 15.5 Å². The molecule has 2 heterocycles. The summed E-state index contributed by atoms with van der Waals surface area (Å²) in [5.74, 6) is 0.764. The molecule has 3 N–H and O–H groups in total. The number of nitrogens with zero attached hydrogens (tertiary/aromatic N) is 4. The van der Waals surface area contributed by atoms with Crippen molar-refractivity contribution in [1.29, 1.82) is 5.26 Å². The molecule has 0 spiro atoms. The predicted octanol–water partition coefficient (Wildman–Crippen LogP) is 4.38. The zero-order valence-corrected chi connectivity index (χ0v) is 20.2. The molecule has 35 heavy (non-hydrogen) atoms. The van der Waals surface area contributed by atoms with Gasteiger partial charge in [0, 0.05) is 48.4 Å². The minimum atomic E-state index is -0.283. The molecule has 1 aromatic heterocycles. The number of nitrogens with one attached hydrogen (secondary N) is 2. The average molecular weight is 473 g/mol. The van der Waals surface area contributed by atoms with Gasteiger partial charge in [-0.3, -0.25) is 4.79 Å². The summed E-state index contributed by atoms with van der Waals surface area (Å²) in [6.07, 6.45) is 3.67. The third-order valence-electron chi connectivity index (χ3n) is 5.74. The third-order valence-corrected chi connectivity index (χ3v) is 5.74. The summed E-state index contributed by atoms with van der Waals surface area (Å²) in [6.45, 7) is 6.23. The Kier molecular flexibility index (Phi) is 9.58. The summed E-state index contributed by atoms with van der Waals surface area (Å²) in [5.41, 5.74) is 4.16. The Morgan fingerprint density at radius 1 is 1.14 bits per heavy atom. The van der Waals surface area contributed by atoms with E-state index in [2.05, 4.69) is 37.6 Å². The van der Waals surface area contributed by atoms with Crippen LogP contribution in [0.4, 0.5) is 17.3 Å². The molecule has 1 amide bonds. The lowest BCUT2D eigenvalue weighted by atomic mass is 10.1. The highest BCUT2D eigenvalue weighted by Gasteiger charge is 2.22. The minimum Gasteiger partial charge on any atom is -0.396 e. The Balaban J connectivity index is 0.00000167. The lowest BCUT2D eigenvalue weighted by Crippen LogP contribution is -2.23. The molecule has 0 bridgehead atoms. The predicted molar refractivity (Wildman–Crippen MR) is 139 cm³/mol. The van der Waals surface area contributed by atoms with Gasteiger partial charge in [-0.05, 0) is 61.2 Å². The van der Waals surface area contributed by atoms with Crippen LogP contribution in [0.5, 0.6) is 0 Å². The molecule has 0 saturated carbocycles. The van der Waals surface area contributed by atoms with Gasteiger partial charge >= 0.3 is 0 Å². The van der Waals surface area contributed by atoms with Crippen LogP contribution in [-0.2, 0) is 0 Å². The summed E-state index contributed by atoms with van der Waals surface area (Å²) < 4.78 is 0. The number of anilines is 3. The van der Waals surface area contributed by atoms with Crippen molar-refractivity contribution in [3.63, 3.8) is 0 Å². The van der Waals surface area contributed by atoms with E-state index in [1.54, 1.807) is 18.3 Å². The van der Waals surface area contributed by atoms with Crippen molar-refractivity contribution in [1.82, 2.24) is 15.3 Å². The smallest absolute Gasteiger partial charge is 0.252 e. The SMILES string of the molecule is CC.N#CCNC(=O)c1ccc(-c2ccnc(Nc3ccc(N4CCC(CCO)C4)cc3)n2)cc1. The van der Waals surface area contributed by atoms with Crippen molar-refractivity contribution in [3.05, 3.63) is 66.4 Å². The quantitative estimate of drug-likeness (QED) is 0.417. The normalized spacial score (nSPS) is 14.5. The second-order valence-electron chi connectivity index (χ2n) is 7.97. The Morgan fingerprint density at radius 2 is 1.89 bits per heavy atom. The highest BCUT2D eigenvalue weighted by atomic mass is 16.3. The summed E-state index contributed by atoms with van der Waals surface area (Å²) in [6, 6.07) is 19.0. The van der Waals surface area contributed by atoms with Gasteiger partial charge in [0.05, 0.1) is 11.8 Å². The monoisotopic (exact) mass is 472 g/mol. The number of rotatable bonds is 8. The molecule has 1 aliphatic rings. The molecule has 8 nitrogen and oxygen atoms in total. The lowest BCUT2D eigenvalue weighted by Gasteiger charge is -2.19. The van der Waals surface area contributed by atoms with Gasteiger partial charge in [0.25, 0.3) is 5.91 Å². The third kappa shape index (κ3) is 7.01. The van der Waals surface area contributed by atoms with E-state index in [4.69, 9.17) is 10.4 Å². The number of amides is 1.